The van der Waals surface area contributed by atoms with Crippen molar-refractivity contribution in [1.82, 2.24) is 20.0 Å². The van der Waals surface area contributed by atoms with E-state index in [2.05, 4.69) is 10.2 Å². The second-order valence-corrected chi connectivity index (χ2v) is 6.64. The van der Waals surface area contributed by atoms with Gasteiger partial charge in [0.1, 0.15) is 5.76 Å². The number of nitrogens with one attached hydrogen (secondary N) is 1. The number of carbonyl (C=O) groups excluding carboxylic acids is 2. The first-order chi connectivity index (χ1) is 11.6. The summed E-state index contributed by atoms with van der Waals surface area (Å²) in [6.07, 6.45) is 3.46. The second-order valence-electron chi connectivity index (χ2n) is 6.64. The smallest absolute Gasteiger partial charge is 0.320 e. The molecule has 1 aromatic rings. The fourth-order valence-corrected chi connectivity index (χ4v) is 3.49. The molecule has 2 aliphatic heterocycles. The number of likely N-dealkylation sites (N-methyl/N-ethyl adjacent to an activating group) is 1. The van der Waals surface area contributed by atoms with Gasteiger partial charge in [0.15, 0.2) is 0 Å². The van der Waals surface area contributed by atoms with Crippen molar-refractivity contribution in [2.75, 3.05) is 33.2 Å². The van der Waals surface area contributed by atoms with Gasteiger partial charge in [-0.05, 0) is 31.9 Å². The quantitative estimate of drug-likeness (QED) is 0.876. The van der Waals surface area contributed by atoms with Crippen molar-refractivity contribution in [2.45, 2.75) is 38.4 Å². The van der Waals surface area contributed by atoms with Crippen LogP contribution < -0.4 is 5.32 Å². The largest absolute Gasteiger partial charge is 0.467 e. The molecule has 3 amide bonds. The maximum atomic E-state index is 12.3. The Morgan fingerprint density at radius 2 is 2.08 bits per heavy atom. The molecule has 1 aromatic heterocycles. The zero-order valence-electron chi connectivity index (χ0n) is 14.4. The summed E-state index contributed by atoms with van der Waals surface area (Å²) in [6.45, 7) is 5.67. The lowest BCUT2D eigenvalue weighted by atomic mass is 10.0. The maximum Gasteiger partial charge on any atom is 0.320 e. The molecule has 3 heterocycles. The van der Waals surface area contributed by atoms with E-state index in [0.717, 1.165) is 44.8 Å². The van der Waals surface area contributed by atoms with Crippen molar-refractivity contribution >= 4 is 11.9 Å². The Kier molecular flexibility index (Phi) is 5.08. The standard InChI is InChI=1S/C17H26N4O3/c1-13(16(22)18-12-15-4-3-11-24-15)20-7-5-14(6-8-20)21-10-9-19(2)17(21)23/h3-4,11,13-14H,5-10,12H2,1-2H3,(H,18,22)/t13-/m1/s1. The molecule has 3 rings (SSSR count). The van der Waals surface area contributed by atoms with E-state index in [1.54, 1.807) is 11.2 Å². The van der Waals surface area contributed by atoms with Gasteiger partial charge in [-0.25, -0.2) is 4.79 Å². The Bertz CT molecular complexity index is 566. The number of urea groups is 1. The van der Waals surface area contributed by atoms with Crippen molar-refractivity contribution in [1.29, 1.82) is 0 Å². The van der Waals surface area contributed by atoms with Gasteiger partial charge < -0.3 is 19.5 Å². The molecule has 2 fully saturated rings. The van der Waals surface area contributed by atoms with E-state index >= 15 is 0 Å². The van der Waals surface area contributed by atoms with Crippen molar-refractivity contribution in [3.05, 3.63) is 24.2 Å². The minimum Gasteiger partial charge on any atom is -0.467 e. The number of amides is 3. The Labute approximate surface area is 142 Å². The summed E-state index contributed by atoms with van der Waals surface area (Å²) in [4.78, 5) is 30.3. The first kappa shape index (κ1) is 16.8. The number of nitrogens with zero attached hydrogens (tertiary/aromatic N) is 3. The monoisotopic (exact) mass is 334 g/mol. The van der Waals surface area contributed by atoms with E-state index in [1.807, 2.05) is 31.0 Å². The van der Waals surface area contributed by atoms with E-state index in [4.69, 9.17) is 4.42 Å². The fraction of sp³-hybridized carbons (Fsp3) is 0.647. The van der Waals surface area contributed by atoms with E-state index in [9.17, 15) is 9.59 Å². The van der Waals surface area contributed by atoms with Crippen molar-refractivity contribution in [3.8, 4) is 0 Å². The summed E-state index contributed by atoms with van der Waals surface area (Å²) in [5.41, 5.74) is 0. The van der Waals surface area contributed by atoms with Crippen molar-refractivity contribution in [2.24, 2.45) is 0 Å². The number of carbonyl (C=O) groups is 2. The van der Waals surface area contributed by atoms with Gasteiger partial charge in [0.05, 0.1) is 18.8 Å². The molecule has 24 heavy (non-hydrogen) atoms. The molecule has 0 saturated carbocycles. The van der Waals surface area contributed by atoms with Gasteiger partial charge >= 0.3 is 6.03 Å². The summed E-state index contributed by atoms with van der Waals surface area (Å²) in [6, 6.07) is 3.93. The molecule has 7 nitrogen and oxygen atoms in total. The number of furan rings is 1. The minimum atomic E-state index is -0.169. The summed E-state index contributed by atoms with van der Waals surface area (Å²) < 4.78 is 5.23. The van der Waals surface area contributed by atoms with E-state index in [0.29, 0.717) is 12.6 Å². The fourth-order valence-electron chi connectivity index (χ4n) is 3.49. The number of rotatable bonds is 5. The molecule has 1 N–H and O–H groups in total. The van der Waals surface area contributed by atoms with Gasteiger partial charge in [-0.15, -0.1) is 0 Å². The van der Waals surface area contributed by atoms with Gasteiger partial charge in [0, 0.05) is 39.3 Å². The highest BCUT2D eigenvalue weighted by Gasteiger charge is 2.35. The van der Waals surface area contributed by atoms with Crippen LogP contribution in [0.4, 0.5) is 4.79 Å². The van der Waals surface area contributed by atoms with Gasteiger partial charge in [-0.3, -0.25) is 9.69 Å². The van der Waals surface area contributed by atoms with E-state index in [-0.39, 0.29) is 18.0 Å². The first-order valence-electron chi connectivity index (χ1n) is 8.62. The zero-order chi connectivity index (χ0) is 17.1. The highest BCUT2D eigenvalue weighted by molar-refractivity contribution is 5.81. The van der Waals surface area contributed by atoms with Crippen LogP contribution >= 0.6 is 0 Å². The van der Waals surface area contributed by atoms with Crippen LogP contribution in [0.2, 0.25) is 0 Å². The average molecular weight is 334 g/mol. The van der Waals surface area contributed by atoms with Crippen LogP contribution in [0.1, 0.15) is 25.5 Å². The molecule has 0 unspecified atom stereocenters. The number of piperidine rings is 1. The lowest BCUT2D eigenvalue weighted by molar-refractivity contribution is -0.126. The molecule has 0 aliphatic carbocycles. The number of hydrogen-bond acceptors (Lipinski definition) is 4. The third-order valence-corrected chi connectivity index (χ3v) is 5.13. The van der Waals surface area contributed by atoms with Crippen LogP contribution in [-0.4, -0.2) is 71.9 Å². The SMILES string of the molecule is C[C@H](C(=O)NCc1ccco1)N1CCC(N2CCN(C)C2=O)CC1. The second kappa shape index (κ2) is 7.25. The predicted octanol–water partition coefficient (Wildman–Crippen LogP) is 1.12. The topological polar surface area (TPSA) is 69.0 Å². The van der Waals surface area contributed by atoms with Crippen molar-refractivity contribution in [3.63, 3.8) is 0 Å². The van der Waals surface area contributed by atoms with Crippen LogP contribution in [0.3, 0.4) is 0 Å². The molecular formula is C17H26N4O3. The third kappa shape index (κ3) is 3.56. The summed E-state index contributed by atoms with van der Waals surface area (Å²) in [5, 5.41) is 2.92. The molecular weight excluding hydrogens is 308 g/mol. The van der Waals surface area contributed by atoms with E-state index < -0.39 is 0 Å². The zero-order valence-corrected chi connectivity index (χ0v) is 14.4. The van der Waals surface area contributed by atoms with Crippen molar-refractivity contribution < 1.29 is 14.0 Å². The molecule has 2 aliphatic rings. The first-order valence-corrected chi connectivity index (χ1v) is 8.62. The summed E-state index contributed by atoms with van der Waals surface area (Å²) in [7, 11) is 1.85. The molecule has 7 heteroatoms. The molecule has 1 atom stereocenters. The number of likely N-dealkylation sites (tertiary alicyclic amines) is 1. The molecule has 0 spiro atoms. The van der Waals surface area contributed by atoms with Gasteiger partial charge in [-0.2, -0.15) is 0 Å². The third-order valence-electron chi connectivity index (χ3n) is 5.13. The molecule has 0 bridgehead atoms. The average Bonchev–Trinajstić information content (AvgIpc) is 3.23. The lowest BCUT2D eigenvalue weighted by Gasteiger charge is -2.38. The normalized spacial score (nSPS) is 21.3. The Hall–Kier alpha value is -2.02. The van der Waals surface area contributed by atoms with Crippen LogP contribution in [0.25, 0.3) is 0 Å². The number of hydrogen-bond donors (Lipinski definition) is 1. The van der Waals surface area contributed by atoms with Crippen LogP contribution in [0, 0.1) is 0 Å². The summed E-state index contributed by atoms with van der Waals surface area (Å²) >= 11 is 0. The highest BCUT2D eigenvalue weighted by Crippen LogP contribution is 2.21. The highest BCUT2D eigenvalue weighted by atomic mass is 16.3. The minimum absolute atomic E-state index is 0.0156. The Morgan fingerprint density at radius 3 is 2.67 bits per heavy atom. The maximum absolute atomic E-state index is 12.3. The van der Waals surface area contributed by atoms with Crippen LogP contribution in [0.15, 0.2) is 22.8 Å². The van der Waals surface area contributed by atoms with Crippen LogP contribution in [0.5, 0.6) is 0 Å². The molecule has 132 valence electrons. The van der Waals surface area contributed by atoms with E-state index in [1.165, 1.54) is 0 Å². The van der Waals surface area contributed by atoms with Gasteiger partial charge in [0.2, 0.25) is 5.91 Å². The lowest BCUT2D eigenvalue weighted by Crippen LogP contribution is -2.52. The Balaban J connectivity index is 1.45. The molecule has 2 saturated heterocycles. The Morgan fingerprint density at radius 1 is 1.33 bits per heavy atom. The molecule has 0 aromatic carbocycles. The summed E-state index contributed by atoms with van der Waals surface area (Å²) in [5.74, 6) is 0.771. The van der Waals surface area contributed by atoms with Gasteiger partial charge in [-0.1, -0.05) is 0 Å². The van der Waals surface area contributed by atoms with Crippen LogP contribution in [-0.2, 0) is 11.3 Å². The molecule has 0 radical (unpaired) electrons. The predicted molar refractivity (Wildman–Crippen MR) is 89.3 cm³/mol. The van der Waals surface area contributed by atoms with Gasteiger partial charge in [0.25, 0.3) is 0 Å².